The highest BCUT2D eigenvalue weighted by molar-refractivity contribution is 4.85. The molecule has 0 aromatic heterocycles. The lowest BCUT2D eigenvalue weighted by molar-refractivity contribution is -0.172. The number of aliphatic hydroxyl groups excluding tert-OH is 6. The molecule has 1 aliphatic rings. The molecule has 0 aliphatic carbocycles. The van der Waals surface area contributed by atoms with Gasteiger partial charge in [0, 0.05) is 13.1 Å². The summed E-state index contributed by atoms with van der Waals surface area (Å²) in [5, 5.41) is 56.5. The molecule has 1 aliphatic heterocycles. The van der Waals surface area contributed by atoms with Gasteiger partial charge in [-0.25, -0.2) is 0 Å². The molecule has 0 radical (unpaired) electrons. The number of likely N-dealkylation sites (tertiary alicyclic amines) is 1. The van der Waals surface area contributed by atoms with Crippen molar-refractivity contribution in [3.05, 3.63) is 0 Å². The van der Waals surface area contributed by atoms with E-state index in [1.165, 1.54) is 0 Å². The molecule has 5 atom stereocenters. The van der Waals surface area contributed by atoms with Gasteiger partial charge in [0.25, 0.3) is 0 Å². The van der Waals surface area contributed by atoms with Crippen LogP contribution in [0.3, 0.4) is 0 Å². The monoisotopic (exact) mass is 265 g/mol. The zero-order valence-corrected chi connectivity index (χ0v) is 10.3. The van der Waals surface area contributed by atoms with Gasteiger partial charge in [-0.2, -0.15) is 0 Å². The molecule has 1 rings (SSSR count). The second kappa shape index (κ2) is 7.34. The average molecular weight is 265 g/mol. The number of nitrogens with zero attached hydrogens (tertiary/aromatic N) is 1. The van der Waals surface area contributed by atoms with Crippen molar-refractivity contribution < 1.29 is 30.6 Å². The molecule has 0 amide bonds. The summed E-state index contributed by atoms with van der Waals surface area (Å²) >= 11 is 0. The predicted octanol–water partition coefficient (Wildman–Crippen LogP) is -2.77. The normalized spacial score (nSPS) is 26.3. The number of hydrogen-bond acceptors (Lipinski definition) is 7. The van der Waals surface area contributed by atoms with Crippen LogP contribution >= 0.6 is 0 Å². The summed E-state index contributed by atoms with van der Waals surface area (Å²) in [4.78, 5) is 1.62. The van der Waals surface area contributed by atoms with Crippen LogP contribution < -0.4 is 0 Å². The van der Waals surface area contributed by atoms with E-state index in [0.717, 1.165) is 19.3 Å². The Morgan fingerprint density at radius 3 is 1.83 bits per heavy atom. The van der Waals surface area contributed by atoms with Crippen LogP contribution in [0.2, 0.25) is 0 Å². The van der Waals surface area contributed by atoms with Crippen molar-refractivity contribution >= 4 is 0 Å². The Balaban J connectivity index is 2.53. The van der Waals surface area contributed by atoms with Gasteiger partial charge in [0.1, 0.15) is 30.6 Å². The van der Waals surface area contributed by atoms with E-state index < -0.39 is 37.3 Å². The van der Waals surface area contributed by atoms with E-state index in [0.29, 0.717) is 13.1 Å². The van der Waals surface area contributed by atoms with Gasteiger partial charge in [-0.3, -0.25) is 4.90 Å². The van der Waals surface area contributed by atoms with Gasteiger partial charge in [-0.1, -0.05) is 6.42 Å². The van der Waals surface area contributed by atoms with E-state index in [4.69, 9.17) is 5.11 Å². The minimum absolute atomic E-state index is 0.615. The second-order valence-electron chi connectivity index (χ2n) is 4.73. The first-order chi connectivity index (χ1) is 8.49. The summed E-state index contributed by atoms with van der Waals surface area (Å²) in [6, 6.07) is 0. The lowest BCUT2D eigenvalue weighted by atomic mass is 10.0. The third-order valence-electron chi connectivity index (χ3n) is 3.35. The molecule has 108 valence electrons. The topological polar surface area (TPSA) is 125 Å². The fourth-order valence-corrected chi connectivity index (χ4v) is 2.11. The van der Waals surface area contributed by atoms with Crippen LogP contribution in [-0.4, -0.2) is 85.9 Å². The minimum Gasteiger partial charge on any atom is -0.394 e. The molecule has 18 heavy (non-hydrogen) atoms. The Hall–Kier alpha value is -0.280. The molecule has 1 heterocycles. The van der Waals surface area contributed by atoms with Gasteiger partial charge < -0.3 is 30.6 Å². The van der Waals surface area contributed by atoms with Gasteiger partial charge in [0.15, 0.2) is 0 Å². The minimum atomic E-state index is -1.72. The van der Waals surface area contributed by atoms with E-state index >= 15 is 0 Å². The van der Waals surface area contributed by atoms with Crippen molar-refractivity contribution in [3.63, 3.8) is 0 Å². The standard InChI is InChI=1S/C11H23NO6/c13-6-7(14)8(15)9(16)10(17)11(18)12-4-2-1-3-5-12/h7-11,13-18H,1-6H2/t7-,8+,9-,10+,11?/m1/s1. The van der Waals surface area contributed by atoms with E-state index in [9.17, 15) is 25.5 Å². The van der Waals surface area contributed by atoms with Crippen molar-refractivity contribution in [2.45, 2.75) is 49.9 Å². The fraction of sp³-hybridized carbons (Fsp3) is 1.00. The van der Waals surface area contributed by atoms with Crippen LogP contribution in [-0.2, 0) is 0 Å². The highest BCUT2D eigenvalue weighted by atomic mass is 16.4. The Morgan fingerprint density at radius 2 is 1.33 bits per heavy atom. The highest BCUT2D eigenvalue weighted by Crippen LogP contribution is 2.16. The maximum absolute atomic E-state index is 9.88. The summed E-state index contributed by atoms with van der Waals surface area (Å²) in [5.41, 5.74) is 0. The molecule has 0 aromatic rings. The smallest absolute Gasteiger partial charge is 0.136 e. The van der Waals surface area contributed by atoms with Crippen molar-refractivity contribution in [1.82, 2.24) is 4.90 Å². The SMILES string of the molecule is OC[C@@H](O)[C@H](O)[C@@H](O)[C@H](O)C(O)N1CCCCC1. The Kier molecular flexibility index (Phi) is 6.44. The molecule has 1 saturated heterocycles. The fourth-order valence-electron chi connectivity index (χ4n) is 2.11. The number of piperidine rings is 1. The Morgan fingerprint density at radius 1 is 0.778 bits per heavy atom. The van der Waals surface area contributed by atoms with Crippen LogP contribution in [0.15, 0.2) is 0 Å². The predicted molar refractivity (Wildman–Crippen MR) is 62.5 cm³/mol. The molecule has 6 N–H and O–H groups in total. The third kappa shape index (κ3) is 3.86. The molecule has 0 saturated carbocycles. The molecule has 0 spiro atoms. The van der Waals surface area contributed by atoms with Crippen molar-refractivity contribution in [1.29, 1.82) is 0 Å². The summed E-state index contributed by atoms with van der Waals surface area (Å²) in [7, 11) is 0. The maximum atomic E-state index is 9.88. The molecule has 0 aromatic carbocycles. The van der Waals surface area contributed by atoms with Gasteiger partial charge in [-0.15, -0.1) is 0 Å². The molecule has 0 bridgehead atoms. The molecular weight excluding hydrogens is 242 g/mol. The van der Waals surface area contributed by atoms with E-state index in [1.807, 2.05) is 0 Å². The van der Waals surface area contributed by atoms with Crippen molar-refractivity contribution in [3.8, 4) is 0 Å². The van der Waals surface area contributed by atoms with Crippen LogP contribution in [0, 0.1) is 0 Å². The summed E-state index contributed by atoms with van der Waals surface area (Å²) in [5.74, 6) is 0. The maximum Gasteiger partial charge on any atom is 0.136 e. The summed E-state index contributed by atoms with van der Waals surface area (Å²) in [6.45, 7) is 0.498. The highest BCUT2D eigenvalue weighted by Gasteiger charge is 2.36. The van der Waals surface area contributed by atoms with Crippen molar-refractivity contribution in [2.75, 3.05) is 19.7 Å². The molecule has 7 nitrogen and oxygen atoms in total. The number of aliphatic hydroxyl groups is 6. The lowest BCUT2D eigenvalue weighted by Gasteiger charge is -2.36. The van der Waals surface area contributed by atoms with Crippen LogP contribution in [0.4, 0.5) is 0 Å². The molecule has 7 heteroatoms. The summed E-state index contributed by atoms with van der Waals surface area (Å²) in [6.07, 6.45) is -4.99. The number of hydrogen-bond donors (Lipinski definition) is 6. The van der Waals surface area contributed by atoms with Crippen LogP contribution in [0.1, 0.15) is 19.3 Å². The lowest BCUT2D eigenvalue weighted by Crippen LogP contribution is -2.55. The van der Waals surface area contributed by atoms with Gasteiger partial charge in [0.2, 0.25) is 0 Å². The van der Waals surface area contributed by atoms with Gasteiger partial charge in [-0.05, 0) is 12.8 Å². The third-order valence-corrected chi connectivity index (χ3v) is 3.35. The van der Waals surface area contributed by atoms with Crippen molar-refractivity contribution in [2.24, 2.45) is 0 Å². The van der Waals surface area contributed by atoms with Gasteiger partial charge >= 0.3 is 0 Å². The van der Waals surface area contributed by atoms with E-state index in [1.54, 1.807) is 4.90 Å². The Bertz CT molecular complexity index is 228. The van der Waals surface area contributed by atoms with Crippen LogP contribution in [0.5, 0.6) is 0 Å². The van der Waals surface area contributed by atoms with E-state index in [-0.39, 0.29) is 0 Å². The zero-order valence-electron chi connectivity index (χ0n) is 10.3. The first kappa shape index (κ1) is 15.8. The summed E-state index contributed by atoms with van der Waals surface area (Å²) < 4.78 is 0. The average Bonchev–Trinajstić information content (AvgIpc) is 2.44. The molecule has 1 unspecified atom stereocenters. The Labute approximate surface area is 106 Å². The van der Waals surface area contributed by atoms with Gasteiger partial charge in [0.05, 0.1) is 6.61 Å². The first-order valence-corrected chi connectivity index (χ1v) is 6.24. The molecular formula is C11H23NO6. The van der Waals surface area contributed by atoms with E-state index in [2.05, 4.69) is 0 Å². The largest absolute Gasteiger partial charge is 0.394 e. The first-order valence-electron chi connectivity index (χ1n) is 6.24. The molecule has 1 fully saturated rings. The van der Waals surface area contributed by atoms with Crippen LogP contribution in [0.25, 0.3) is 0 Å². The quantitative estimate of drug-likeness (QED) is 0.307. The second-order valence-corrected chi connectivity index (χ2v) is 4.73. The number of rotatable bonds is 6. The zero-order chi connectivity index (χ0) is 13.7.